The van der Waals surface area contributed by atoms with E-state index in [0.717, 1.165) is 16.4 Å². The topological polar surface area (TPSA) is 179 Å². The van der Waals surface area contributed by atoms with Gasteiger partial charge in [0.15, 0.2) is 11.6 Å². The zero-order valence-electron chi connectivity index (χ0n) is 26.9. The average Bonchev–Trinajstić information content (AvgIpc) is 3.08. The number of carbonyl (C=O) groups excluding carboxylic acids is 2. The Morgan fingerprint density at radius 2 is 1.76 bits per heavy atom. The van der Waals surface area contributed by atoms with Crippen LogP contribution in [0, 0.1) is 18.6 Å². The van der Waals surface area contributed by atoms with Crippen LogP contribution in [0.1, 0.15) is 31.4 Å². The van der Waals surface area contributed by atoms with Crippen LogP contribution >= 0.6 is 0 Å². The maximum absolute atomic E-state index is 14.8. The summed E-state index contributed by atoms with van der Waals surface area (Å²) >= 11 is -2.79. The molecule has 0 radical (unpaired) electrons. The Bertz CT molecular complexity index is 2070. The summed E-state index contributed by atoms with van der Waals surface area (Å²) in [5.41, 5.74) is 7.29. The third-order valence-electron chi connectivity index (χ3n) is 7.44. The van der Waals surface area contributed by atoms with Gasteiger partial charge in [-0.15, -0.1) is 0 Å². The standard InChI is InChI=1S/C34H32F2N6O7S/c1-20-24-14-21(22-15-28(33(47-2)38-18-22)42(50(45)46)27-12-11-23(35)17-25(27)36)16-30(32(24)40-19-39-20)48-13-7-3-4-10-31(43)41-26-8-5-6-9-29(26)49-34(37)44/h5-6,8-9,11-12,14-19H,3-4,7,10,13H2,1-2H3,(H2,37,44)(H,41,43)(H,45,46). The number of rotatable bonds is 14. The molecule has 50 heavy (non-hydrogen) atoms. The van der Waals surface area contributed by atoms with Crippen molar-refractivity contribution in [2.45, 2.75) is 32.6 Å². The number of nitrogens with zero attached hydrogens (tertiary/aromatic N) is 4. The van der Waals surface area contributed by atoms with Gasteiger partial charge in [0.2, 0.25) is 11.8 Å². The summed E-state index contributed by atoms with van der Waals surface area (Å²) in [5.74, 6) is -1.65. The number of nitrogens with one attached hydrogen (secondary N) is 1. The third kappa shape index (κ3) is 8.45. The highest BCUT2D eigenvalue weighted by Gasteiger charge is 2.25. The number of aryl methyl sites for hydroxylation is 1. The first-order chi connectivity index (χ1) is 24.0. The Morgan fingerprint density at radius 1 is 0.960 bits per heavy atom. The fourth-order valence-corrected chi connectivity index (χ4v) is 5.72. The third-order valence-corrected chi connectivity index (χ3v) is 8.15. The lowest BCUT2D eigenvalue weighted by molar-refractivity contribution is -0.116. The molecule has 2 heterocycles. The minimum Gasteiger partial charge on any atom is -0.491 e. The van der Waals surface area contributed by atoms with Crippen molar-refractivity contribution >= 4 is 51.2 Å². The summed E-state index contributed by atoms with van der Waals surface area (Å²) in [7, 11) is 1.31. The molecule has 1 unspecified atom stereocenters. The molecule has 0 fully saturated rings. The fourth-order valence-electron chi connectivity index (χ4n) is 5.11. The molecule has 4 N–H and O–H groups in total. The van der Waals surface area contributed by atoms with Gasteiger partial charge in [-0.2, -0.15) is 0 Å². The van der Waals surface area contributed by atoms with Gasteiger partial charge in [-0.05, 0) is 74.2 Å². The molecule has 1 atom stereocenters. The molecule has 16 heteroatoms. The number of unbranched alkanes of at least 4 members (excludes halogenated alkanes) is 2. The fraction of sp³-hybridized carbons (Fsp3) is 0.206. The monoisotopic (exact) mass is 706 g/mol. The first-order valence-electron chi connectivity index (χ1n) is 15.2. The molecule has 2 amide bonds. The lowest BCUT2D eigenvalue weighted by atomic mass is 10.0. The van der Waals surface area contributed by atoms with Crippen LogP contribution < -0.4 is 29.6 Å². The summed E-state index contributed by atoms with van der Waals surface area (Å²) in [6.45, 7) is 2.11. The van der Waals surface area contributed by atoms with E-state index in [2.05, 4.69) is 20.3 Å². The molecule has 3 aromatic carbocycles. The van der Waals surface area contributed by atoms with Crippen molar-refractivity contribution in [3.05, 3.63) is 90.5 Å². The quantitative estimate of drug-likeness (QED) is 0.0842. The van der Waals surface area contributed by atoms with E-state index in [4.69, 9.17) is 19.9 Å². The van der Waals surface area contributed by atoms with Crippen molar-refractivity contribution < 1.29 is 41.3 Å². The number of anilines is 3. The number of methoxy groups -OCH3 is 1. The molecule has 0 saturated carbocycles. The lowest BCUT2D eigenvalue weighted by Gasteiger charge is -2.23. The molecule has 5 aromatic rings. The van der Waals surface area contributed by atoms with Crippen molar-refractivity contribution in [1.29, 1.82) is 0 Å². The van der Waals surface area contributed by atoms with E-state index >= 15 is 0 Å². The van der Waals surface area contributed by atoms with Crippen molar-refractivity contribution in [3.63, 3.8) is 0 Å². The molecule has 2 aromatic heterocycles. The number of amides is 2. The van der Waals surface area contributed by atoms with E-state index in [1.807, 2.05) is 13.0 Å². The van der Waals surface area contributed by atoms with E-state index in [0.29, 0.717) is 71.1 Å². The summed E-state index contributed by atoms with van der Waals surface area (Å²) < 4.78 is 68.3. The van der Waals surface area contributed by atoms with Crippen LogP contribution in [0.2, 0.25) is 0 Å². The number of hydrogen-bond acceptors (Lipinski definition) is 9. The number of carbonyl (C=O) groups is 2. The van der Waals surface area contributed by atoms with Crippen LogP contribution in [0.5, 0.6) is 17.4 Å². The minimum absolute atomic E-state index is 0.0483. The number of halogens is 2. The highest BCUT2D eigenvalue weighted by molar-refractivity contribution is 7.81. The Kier molecular flexibility index (Phi) is 11.5. The Morgan fingerprint density at radius 3 is 2.50 bits per heavy atom. The molecule has 5 rings (SSSR count). The first-order valence-corrected chi connectivity index (χ1v) is 16.3. The van der Waals surface area contributed by atoms with Gasteiger partial charge in [0.1, 0.15) is 29.1 Å². The second-order valence-electron chi connectivity index (χ2n) is 10.8. The van der Waals surface area contributed by atoms with Crippen LogP contribution in [0.25, 0.3) is 22.0 Å². The van der Waals surface area contributed by atoms with Crippen molar-refractivity contribution in [3.8, 4) is 28.5 Å². The molecule has 0 saturated heterocycles. The Labute approximate surface area is 287 Å². The summed E-state index contributed by atoms with van der Waals surface area (Å²) in [6, 6.07) is 14.1. The number of pyridine rings is 1. The summed E-state index contributed by atoms with van der Waals surface area (Å²) in [5, 5.41) is 3.40. The van der Waals surface area contributed by atoms with E-state index in [1.54, 1.807) is 24.3 Å². The molecule has 0 bridgehead atoms. The maximum atomic E-state index is 14.8. The molecular weight excluding hydrogens is 674 g/mol. The number of ether oxygens (including phenoxy) is 3. The van der Waals surface area contributed by atoms with Crippen LogP contribution in [-0.2, 0) is 16.1 Å². The average molecular weight is 707 g/mol. The number of nitrogens with two attached hydrogens (primary N) is 1. The molecule has 0 aliphatic heterocycles. The zero-order chi connectivity index (χ0) is 35.8. The number of primary amides is 1. The van der Waals surface area contributed by atoms with Gasteiger partial charge in [0.05, 0.1) is 25.1 Å². The largest absolute Gasteiger partial charge is 0.491 e. The normalized spacial score (nSPS) is 11.5. The Balaban J connectivity index is 1.32. The lowest BCUT2D eigenvalue weighted by Crippen LogP contribution is -2.21. The number of aromatic nitrogens is 3. The van der Waals surface area contributed by atoms with E-state index in [-0.39, 0.29) is 35.3 Å². The SMILES string of the molecule is COc1ncc(-c2cc(OCCCCCC(=O)Nc3ccccc3OC(N)=O)c3ncnc(C)c3c2)cc1N(c1ccc(F)cc1F)S(=O)O. The predicted octanol–water partition coefficient (Wildman–Crippen LogP) is 6.60. The number of hydrogen-bond donors (Lipinski definition) is 3. The van der Waals surface area contributed by atoms with Crippen molar-refractivity contribution in [2.24, 2.45) is 5.73 Å². The second-order valence-corrected chi connectivity index (χ2v) is 11.7. The van der Waals surface area contributed by atoms with Gasteiger partial charge in [-0.1, -0.05) is 12.1 Å². The molecule has 260 valence electrons. The zero-order valence-corrected chi connectivity index (χ0v) is 27.7. The van der Waals surface area contributed by atoms with E-state index in [9.17, 15) is 27.1 Å². The van der Waals surface area contributed by atoms with Crippen molar-refractivity contribution in [2.75, 3.05) is 23.3 Å². The highest BCUT2D eigenvalue weighted by Crippen LogP contribution is 2.39. The maximum Gasteiger partial charge on any atom is 0.410 e. The van der Waals surface area contributed by atoms with Gasteiger partial charge in [0, 0.05) is 35.3 Å². The van der Waals surface area contributed by atoms with Crippen LogP contribution in [0.15, 0.2) is 73.2 Å². The number of fused-ring (bicyclic) bond motifs is 1. The van der Waals surface area contributed by atoms with E-state index < -0.39 is 29.0 Å². The predicted molar refractivity (Wildman–Crippen MR) is 183 cm³/mol. The minimum atomic E-state index is -2.79. The molecule has 0 aliphatic carbocycles. The van der Waals surface area contributed by atoms with Crippen molar-refractivity contribution in [1.82, 2.24) is 15.0 Å². The second kappa shape index (κ2) is 16.1. The van der Waals surface area contributed by atoms with Gasteiger partial charge >= 0.3 is 6.09 Å². The molecular formula is C34H32F2N6O7S. The van der Waals surface area contributed by atoms with Crippen LogP contribution in [0.3, 0.4) is 0 Å². The van der Waals surface area contributed by atoms with Gasteiger partial charge < -0.3 is 25.3 Å². The Hall–Kier alpha value is -5.74. The smallest absolute Gasteiger partial charge is 0.410 e. The summed E-state index contributed by atoms with van der Waals surface area (Å²) in [6.07, 6.45) is 3.98. The highest BCUT2D eigenvalue weighted by atomic mass is 32.2. The number of benzene rings is 3. The van der Waals surface area contributed by atoms with E-state index in [1.165, 1.54) is 31.8 Å². The van der Waals surface area contributed by atoms with Gasteiger partial charge in [-0.3, -0.25) is 9.35 Å². The molecule has 0 aliphatic rings. The van der Waals surface area contributed by atoms with Crippen LogP contribution in [-0.4, -0.2) is 49.4 Å². The van der Waals surface area contributed by atoms with Crippen LogP contribution in [0.4, 0.5) is 30.6 Å². The summed E-state index contributed by atoms with van der Waals surface area (Å²) in [4.78, 5) is 36.6. The molecule has 13 nitrogen and oxygen atoms in total. The van der Waals surface area contributed by atoms with Gasteiger partial charge in [-0.25, -0.2) is 37.0 Å². The first kappa shape index (κ1) is 35.6. The molecule has 0 spiro atoms. The van der Waals surface area contributed by atoms with Gasteiger partial charge in [0.25, 0.3) is 11.3 Å². The number of para-hydroxylation sites is 2.